The van der Waals surface area contributed by atoms with Crippen LogP contribution in [0.3, 0.4) is 0 Å². The first-order valence-electron chi connectivity index (χ1n) is 11.9. The monoisotopic (exact) mass is 454 g/mol. The highest BCUT2D eigenvalue weighted by Crippen LogP contribution is 2.52. The van der Waals surface area contributed by atoms with E-state index in [9.17, 15) is 19.5 Å². The molecule has 3 rings (SSSR count). The lowest BCUT2D eigenvalue weighted by Crippen LogP contribution is -2.60. The number of hydrogen-bond donors (Lipinski definition) is 1. The molecule has 7 heteroatoms. The van der Waals surface area contributed by atoms with Gasteiger partial charge in [-0.2, -0.15) is 0 Å². The Hall–Kier alpha value is -2.83. The molecule has 2 aliphatic heterocycles. The van der Waals surface area contributed by atoms with E-state index in [1.807, 2.05) is 30.9 Å². The first-order chi connectivity index (χ1) is 15.5. The van der Waals surface area contributed by atoms with Crippen molar-refractivity contribution in [2.45, 2.75) is 90.5 Å². The van der Waals surface area contributed by atoms with E-state index in [0.29, 0.717) is 0 Å². The Kier molecular flexibility index (Phi) is 7.20. The molecule has 0 aliphatic carbocycles. The van der Waals surface area contributed by atoms with E-state index in [2.05, 4.69) is 17.4 Å². The average Bonchev–Trinajstić information content (AvgIpc) is 3.32. The van der Waals surface area contributed by atoms with Gasteiger partial charge in [-0.1, -0.05) is 50.6 Å². The first kappa shape index (κ1) is 24.8. The topological polar surface area (TPSA) is 92.8 Å². The second-order valence-corrected chi connectivity index (χ2v) is 10.2. The second kappa shape index (κ2) is 9.57. The zero-order valence-electron chi connectivity index (χ0n) is 20.5. The van der Waals surface area contributed by atoms with E-state index in [1.165, 1.54) is 11.1 Å². The molecule has 1 fully saturated rings. The number of carbonyl (C=O) groups is 3. The molecule has 1 saturated heterocycles. The highest BCUT2D eigenvalue weighted by Gasteiger charge is 2.45. The van der Waals surface area contributed by atoms with Crippen LogP contribution in [0.5, 0.6) is 0 Å². The Morgan fingerprint density at radius 2 is 1.70 bits per heavy atom. The van der Waals surface area contributed by atoms with Gasteiger partial charge in [0.25, 0.3) is 0 Å². The number of rotatable bonds is 7. The van der Waals surface area contributed by atoms with Crippen molar-refractivity contribution in [1.82, 2.24) is 15.1 Å². The maximum absolute atomic E-state index is 13.2. The van der Waals surface area contributed by atoms with Crippen molar-refractivity contribution in [1.29, 1.82) is 0 Å². The van der Waals surface area contributed by atoms with Crippen LogP contribution in [-0.2, 0) is 9.59 Å². The van der Waals surface area contributed by atoms with Crippen LogP contribution in [0.4, 0.5) is 4.79 Å². The standard InChI is InChI=1S/C26H37N3O4/c1-7-16(2)20(27-24(31)17(3)29(25(32)33)26(4,5)6)12-15-23(30)28-21-13-14-22(28)19-11-9-8-10-18(19)21/h8-12,15-17,20-22H,7,13-14H2,1-6H3,(H,27,31)(H,32,33)/p-1/b15-12+/t16-,17-,20+,21-,22+/m0/s1. The van der Waals surface area contributed by atoms with Crippen LogP contribution in [0.25, 0.3) is 0 Å². The quantitative estimate of drug-likeness (QED) is 0.640. The molecule has 1 aromatic rings. The fraction of sp³-hybridized carbons (Fsp3) is 0.577. The number of nitrogens with one attached hydrogen (secondary N) is 1. The van der Waals surface area contributed by atoms with Gasteiger partial charge >= 0.3 is 0 Å². The summed E-state index contributed by atoms with van der Waals surface area (Å²) in [7, 11) is 0. The van der Waals surface area contributed by atoms with Gasteiger partial charge in [0.05, 0.1) is 18.1 Å². The van der Waals surface area contributed by atoms with E-state index < -0.39 is 23.6 Å². The minimum Gasteiger partial charge on any atom is -0.530 e. The van der Waals surface area contributed by atoms with E-state index >= 15 is 0 Å². The molecule has 1 aromatic carbocycles. The van der Waals surface area contributed by atoms with Gasteiger partial charge in [-0.05, 0) is 57.6 Å². The van der Waals surface area contributed by atoms with Gasteiger partial charge in [0.1, 0.15) is 12.1 Å². The summed E-state index contributed by atoms with van der Waals surface area (Å²) in [5.41, 5.74) is 1.69. The van der Waals surface area contributed by atoms with Gasteiger partial charge in [0.15, 0.2) is 0 Å². The lowest BCUT2D eigenvalue weighted by molar-refractivity contribution is -0.272. The zero-order chi connectivity index (χ0) is 24.5. The molecule has 2 bridgehead atoms. The maximum Gasteiger partial charge on any atom is 0.247 e. The van der Waals surface area contributed by atoms with Crippen LogP contribution >= 0.6 is 0 Å². The van der Waals surface area contributed by atoms with Crippen molar-refractivity contribution in [3.8, 4) is 0 Å². The van der Waals surface area contributed by atoms with Crippen molar-refractivity contribution in [2.75, 3.05) is 0 Å². The molecule has 33 heavy (non-hydrogen) atoms. The van der Waals surface area contributed by atoms with Crippen molar-refractivity contribution >= 4 is 17.9 Å². The highest BCUT2D eigenvalue weighted by molar-refractivity contribution is 5.90. The van der Waals surface area contributed by atoms with Crippen molar-refractivity contribution in [3.63, 3.8) is 0 Å². The summed E-state index contributed by atoms with van der Waals surface area (Å²) < 4.78 is 0. The number of amides is 3. The van der Waals surface area contributed by atoms with E-state index in [-0.39, 0.29) is 30.0 Å². The van der Waals surface area contributed by atoms with Crippen molar-refractivity contribution in [2.24, 2.45) is 5.92 Å². The van der Waals surface area contributed by atoms with Gasteiger partial charge in [0, 0.05) is 11.6 Å². The third kappa shape index (κ3) is 4.92. The summed E-state index contributed by atoms with van der Waals surface area (Å²) in [4.78, 5) is 40.8. The Morgan fingerprint density at radius 3 is 2.15 bits per heavy atom. The first-order valence-corrected chi connectivity index (χ1v) is 11.9. The lowest BCUT2D eigenvalue weighted by atomic mass is 9.92. The molecule has 0 saturated carbocycles. The predicted molar refractivity (Wildman–Crippen MR) is 125 cm³/mol. The van der Waals surface area contributed by atoms with E-state index in [0.717, 1.165) is 24.2 Å². The zero-order valence-corrected chi connectivity index (χ0v) is 20.5. The number of carboxylic acid groups (broad SMARTS) is 1. The van der Waals surface area contributed by atoms with Crippen LogP contribution in [0.15, 0.2) is 36.4 Å². The Labute approximate surface area is 196 Å². The fourth-order valence-corrected chi connectivity index (χ4v) is 5.17. The molecule has 5 atom stereocenters. The summed E-state index contributed by atoms with van der Waals surface area (Å²) >= 11 is 0. The number of carbonyl (C=O) groups excluding carboxylic acids is 3. The smallest absolute Gasteiger partial charge is 0.247 e. The van der Waals surface area contributed by atoms with Crippen molar-refractivity contribution in [3.05, 3.63) is 47.5 Å². The molecule has 2 aliphatic rings. The van der Waals surface area contributed by atoms with Crippen LogP contribution in [0, 0.1) is 5.92 Å². The molecule has 0 radical (unpaired) electrons. The number of nitrogens with zero attached hydrogens (tertiary/aromatic N) is 2. The van der Waals surface area contributed by atoms with Crippen LogP contribution in [0.2, 0.25) is 0 Å². The summed E-state index contributed by atoms with van der Waals surface area (Å²) in [5, 5.41) is 14.6. The van der Waals surface area contributed by atoms with Gasteiger partial charge in [0.2, 0.25) is 11.8 Å². The van der Waals surface area contributed by atoms with E-state index in [4.69, 9.17) is 0 Å². The fourth-order valence-electron chi connectivity index (χ4n) is 5.17. The SMILES string of the molecule is CC[C@H](C)[C@@H](/C=C/C(=O)N1[C@@H]2CC[C@H]1c1ccccc12)NC(=O)[C@H](C)N(C(=O)[O-])C(C)(C)C. The lowest BCUT2D eigenvalue weighted by Gasteiger charge is -2.42. The molecular weight excluding hydrogens is 418 g/mol. The number of hydrogen-bond acceptors (Lipinski definition) is 4. The Bertz CT molecular complexity index is 905. The van der Waals surface area contributed by atoms with Gasteiger partial charge in [-0.15, -0.1) is 0 Å². The van der Waals surface area contributed by atoms with Crippen LogP contribution in [0.1, 0.15) is 84.0 Å². The third-order valence-electron chi connectivity index (χ3n) is 7.05. The summed E-state index contributed by atoms with van der Waals surface area (Å²) in [6.45, 7) is 10.7. The summed E-state index contributed by atoms with van der Waals surface area (Å²) in [6.07, 6.45) is 4.66. The molecule has 3 amide bonds. The predicted octanol–water partition coefficient (Wildman–Crippen LogP) is 3.32. The molecule has 1 N–H and O–H groups in total. The normalized spacial score (nSPS) is 22.1. The number of fused-ring (bicyclic) bond motifs is 5. The van der Waals surface area contributed by atoms with Gasteiger partial charge < -0.3 is 25.0 Å². The van der Waals surface area contributed by atoms with Gasteiger partial charge in [-0.3, -0.25) is 9.59 Å². The minimum absolute atomic E-state index is 0.0552. The largest absolute Gasteiger partial charge is 0.530 e. The Morgan fingerprint density at radius 1 is 1.15 bits per heavy atom. The maximum atomic E-state index is 13.2. The molecule has 7 nitrogen and oxygen atoms in total. The van der Waals surface area contributed by atoms with Crippen molar-refractivity contribution < 1.29 is 19.5 Å². The molecule has 180 valence electrons. The van der Waals surface area contributed by atoms with Gasteiger partial charge in [-0.25, -0.2) is 0 Å². The summed E-state index contributed by atoms with van der Waals surface area (Å²) in [6, 6.07) is 7.15. The van der Waals surface area contributed by atoms with E-state index in [1.54, 1.807) is 39.8 Å². The molecule has 0 aromatic heterocycles. The Balaban J connectivity index is 1.73. The highest BCUT2D eigenvalue weighted by atomic mass is 16.4. The summed E-state index contributed by atoms with van der Waals surface area (Å²) in [5.74, 6) is -0.394. The average molecular weight is 455 g/mol. The van der Waals surface area contributed by atoms with Crippen LogP contribution < -0.4 is 10.4 Å². The number of benzene rings is 1. The van der Waals surface area contributed by atoms with Crippen LogP contribution in [-0.4, -0.2) is 45.3 Å². The molecule has 0 spiro atoms. The third-order valence-corrected chi connectivity index (χ3v) is 7.05. The molecular formula is C26H36N3O4-. The minimum atomic E-state index is -1.39. The molecule has 0 unspecified atom stereocenters. The second-order valence-electron chi connectivity index (χ2n) is 10.2. The molecule has 2 heterocycles.